The summed E-state index contributed by atoms with van der Waals surface area (Å²) in [5.74, 6) is -1.44. The van der Waals surface area contributed by atoms with Crippen LogP contribution in [0.5, 0.6) is 0 Å². The number of alkyl halides is 1. The van der Waals surface area contributed by atoms with E-state index in [1.165, 1.54) is 0 Å². The molecule has 1 spiro atoms. The Bertz CT molecular complexity index is 796. The van der Waals surface area contributed by atoms with Crippen LogP contribution < -0.4 is 0 Å². The van der Waals surface area contributed by atoms with Crippen LogP contribution >= 0.6 is 27.7 Å². The molecule has 0 aromatic carbocycles. The summed E-state index contributed by atoms with van der Waals surface area (Å²) in [7, 11) is 1.73. The van der Waals surface area contributed by atoms with Crippen LogP contribution in [0, 0.1) is 11.8 Å². The molecule has 184 valence electrons. The molecule has 9 heteroatoms. The van der Waals surface area contributed by atoms with Crippen LogP contribution in [0.4, 0.5) is 0 Å². The van der Waals surface area contributed by atoms with Crippen LogP contribution in [-0.2, 0) is 14.4 Å². The van der Waals surface area contributed by atoms with Crippen molar-refractivity contribution in [1.29, 1.82) is 0 Å². The maximum atomic E-state index is 14.0. The molecule has 0 radical (unpaired) electrons. The predicted molar refractivity (Wildman–Crippen MR) is 135 cm³/mol. The number of thioether (sulfide) groups is 1. The molecule has 3 saturated heterocycles. The van der Waals surface area contributed by atoms with Gasteiger partial charge in [0.05, 0.1) is 23.2 Å². The Morgan fingerprint density at radius 3 is 2.58 bits per heavy atom. The summed E-state index contributed by atoms with van der Waals surface area (Å²) < 4.78 is -0.679. The van der Waals surface area contributed by atoms with Gasteiger partial charge < -0.3 is 19.8 Å². The van der Waals surface area contributed by atoms with Crippen LogP contribution in [0.3, 0.4) is 0 Å². The Balaban J connectivity index is 2.00. The van der Waals surface area contributed by atoms with E-state index in [2.05, 4.69) is 36.0 Å². The molecular weight excluding hydrogens is 506 g/mol. The normalized spacial score (nSPS) is 32.1. The number of amides is 3. The number of fused-ring (bicyclic) bond motifs is 1. The number of carbonyl (C=O) groups excluding carboxylic acids is 3. The van der Waals surface area contributed by atoms with Crippen LogP contribution in [0.2, 0.25) is 0 Å². The zero-order chi connectivity index (χ0) is 24.3. The van der Waals surface area contributed by atoms with Gasteiger partial charge in [-0.25, -0.2) is 0 Å². The van der Waals surface area contributed by atoms with E-state index in [9.17, 15) is 19.5 Å². The number of aliphatic hydroxyl groups excluding tert-OH is 1. The third-order valence-corrected chi connectivity index (χ3v) is 10.3. The van der Waals surface area contributed by atoms with E-state index in [1.54, 1.807) is 45.7 Å². The molecule has 3 heterocycles. The third-order valence-electron chi connectivity index (χ3n) is 7.12. The molecule has 0 aromatic rings. The number of rotatable bonds is 12. The first kappa shape index (κ1) is 26.3. The molecule has 3 amide bonds. The quantitative estimate of drug-likeness (QED) is 0.233. The lowest BCUT2D eigenvalue weighted by atomic mass is 9.70. The van der Waals surface area contributed by atoms with E-state index >= 15 is 0 Å². The van der Waals surface area contributed by atoms with Crippen LogP contribution in [0.25, 0.3) is 0 Å². The van der Waals surface area contributed by atoms with E-state index in [0.717, 1.165) is 19.3 Å². The summed E-state index contributed by atoms with van der Waals surface area (Å²) in [6.45, 7) is 10.9. The highest BCUT2D eigenvalue weighted by Gasteiger charge is 2.75. The molecule has 0 saturated carbocycles. The summed E-state index contributed by atoms with van der Waals surface area (Å²) >= 11 is 5.39. The molecule has 0 aromatic heterocycles. The number of hydrogen-bond acceptors (Lipinski definition) is 5. The molecule has 0 aliphatic carbocycles. The van der Waals surface area contributed by atoms with Gasteiger partial charge in [0.2, 0.25) is 17.7 Å². The van der Waals surface area contributed by atoms with E-state index in [1.807, 2.05) is 0 Å². The maximum Gasteiger partial charge on any atom is 0.247 e. The van der Waals surface area contributed by atoms with Gasteiger partial charge in [-0.05, 0) is 12.8 Å². The molecule has 1 N–H and O–H groups in total. The number of halogens is 1. The van der Waals surface area contributed by atoms with Gasteiger partial charge in [0.1, 0.15) is 6.04 Å². The fourth-order valence-electron chi connectivity index (χ4n) is 5.75. The summed E-state index contributed by atoms with van der Waals surface area (Å²) in [5.41, 5.74) is 0. The molecule has 3 unspecified atom stereocenters. The van der Waals surface area contributed by atoms with E-state index in [4.69, 9.17) is 0 Å². The highest BCUT2D eigenvalue weighted by atomic mass is 79.9. The Labute approximate surface area is 209 Å². The number of hydrogen-bond donors (Lipinski definition) is 1. The van der Waals surface area contributed by atoms with Crippen molar-refractivity contribution < 1.29 is 19.5 Å². The van der Waals surface area contributed by atoms with Gasteiger partial charge in [0, 0.05) is 43.3 Å². The minimum atomic E-state index is -0.693. The van der Waals surface area contributed by atoms with Crippen molar-refractivity contribution >= 4 is 45.4 Å². The molecule has 3 fully saturated rings. The second kappa shape index (κ2) is 11.0. The SMILES string of the molecule is C=CCN(C)C(=O)[C@H]1[C@H]2C(=O)N(CCO)C(C(=O)N(CC=C)CCCCC)C23CC(Br)[C@@H]1S3. The van der Waals surface area contributed by atoms with E-state index in [0.29, 0.717) is 26.1 Å². The van der Waals surface area contributed by atoms with E-state index < -0.39 is 22.6 Å². The van der Waals surface area contributed by atoms with E-state index in [-0.39, 0.29) is 41.0 Å². The first-order chi connectivity index (χ1) is 15.8. The Morgan fingerprint density at radius 2 is 1.97 bits per heavy atom. The minimum absolute atomic E-state index is 0.0370. The number of β-amino-alcohol motifs (C(OH)–C–C–N with tert-alkyl or cyclic N) is 1. The van der Waals surface area contributed by atoms with Crippen molar-refractivity contribution in [2.24, 2.45) is 11.8 Å². The van der Waals surface area contributed by atoms with Crippen molar-refractivity contribution in [2.45, 2.75) is 53.5 Å². The van der Waals surface area contributed by atoms with Crippen molar-refractivity contribution in [3.63, 3.8) is 0 Å². The number of carbonyl (C=O) groups is 3. The van der Waals surface area contributed by atoms with Gasteiger partial charge in [-0.15, -0.1) is 24.9 Å². The van der Waals surface area contributed by atoms with Crippen molar-refractivity contribution in [3.8, 4) is 0 Å². The maximum absolute atomic E-state index is 14.0. The fraction of sp³-hybridized carbons (Fsp3) is 0.708. The third kappa shape index (κ3) is 4.52. The Morgan fingerprint density at radius 1 is 1.27 bits per heavy atom. The van der Waals surface area contributed by atoms with Crippen LogP contribution in [0.1, 0.15) is 32.6 Å². The van der Waals surface area contributed by atoms with Crippen molar-refractivity contribution in [3.05, 3.63) is 25.3 Å². The van der Waals surface area contributed by atoms with Crippen molar-refractivity contribution in [2.75, 3.05) is 39.8 Å². The monoisotopic (exact) mass is 541 g/mol. The predicted octanol–water partition coefficient (Wildman–Crippen LogP) is 2.29. The molecule has 33 heavy (non-hydrogen) atoms. The lowest BCUT2D eigenvalue weighted by Gasteiger charge is -2.38. The Kier molecular flexibility index (Phi) is 8.72. The first-order valence-corrected chi connectivity index (χ1v) is 13.6. The first-order valence-electron chi connectivity index (χ1n) is 11.8. The second-order valence-electron chi connectivity index (χ2n) is 9.21. The zero-order valence-electron chi connectivity index (χ0n) is 19.6. The zero-order valence-corrected chi connectivity index (χ0v) is 22.0. The lowest BCUT2D eigenvalue weighted by Crippen LogP contribution is -2.56. The highest BCUT2D eigenvalue weighted by Crippen LogP contribution is 2.68. The summed E-state index contributed by atoms with van der Waals surface area (Å²) in [4.78, 5) is 46.1. The molecule has 3 aliphatic heterocycles. The van der Waals surface area contributed by atoms with Gasteiger partial charge in [-0.1, -0.05) is 47.8 Å². The standard InChI is InChI=1S/C24H36BrN3O4S/c1-5-8-9-12-27(11-7-3)23(32)20-24-15-16(25)19(33-24)17(21(30)26(4)10-6-2)18(24)22(31)28(20)13-14-29/h6-7,16-20,29H,2-3,5,8-15H2,1,4H3/t16?,17-,18-,19-,20?,24?/m0/s1. The van der Waals surface area contributed by atoms with Crippen LogP contribution in [-0.4, -0.2) is 98.2 Å². The number of nitrogens with zero attached hydrogens (tertiary/aromatic N) is 3. The largest absolute Gasteiger partial charge is 0.395 e. The number of aliphatic hydroxyl groups is 1. The van der Waals surface area contributed by atoms with Crippen LogP contribution in [0.15, 0.2) is 25.3 Å². The van der Waals surface area contributed by atoms with Gasteiger partial charge >= 0.3 is 0 Å². The number of likely N-dealkylation sites (N-methyl/N-ethyl adjacent to an activating group) is 1. The average molecular weight is 543 g/mol. The summed E-state index contributed by atoms with van der Waals surface area (Å²) in [6, 6.07) is -0.693. The Hall–Kier alpha value is -1.32. The molecule has 3 rings (SSSR count). The average Bonchev–Trinajstić information content (AvgIpc) is 3.36. The topological polar surface area (TPSA) is 81.2 Å². The smallest absolute Gasteiger partial charge is 0.247 e. The van der Waals surface area contributed by atoms with Gasteiger partial charge in [-0.3, -0.25) is 14.4 Å². The summed E-state index contributed by atoms with van der Waals surface area (Å²) in [6.07, 6.45) is 6.98. The molecule has 2 bridgehead atoms. The fourth-order valence-corrected chi connectivity index (χ4v) is 9.35. The molecule has 6 atom stereocenters. The molecular formula is C24H36BrN3O4S. The summed E-state index contributed by atoms with van der Waals surface area (Å²) in [5, 5.41) is 9.67. The van der Waals surface area contributed by atoms with Crippen molar-refractivity contribution in [1.82, 2.24) is 14.7 Å². The number of unbranched alkanes of at least 4 members (excludes halogenated alkanes) is 2. The molecule has 7 nitrogen and oxygen atoms in total. The lowest BCUT2D eigenvalue weighted by molar-refractivity contribution is -0.144. The van der Waals surface area contributed by atoms with Gasteiger partial charge in [0.25, 0.3) is 0 Å². The highest BCUT2D eigenvalue weighted by molar-refractivity contribution is 9.09. The minimum Gasteiger partial charge on any atom is -0.395 e. The van der Waals surface area contributed by atoms with Gasteiger partial charge in [-0.2, -0.15) is 0 Å². The number of likely N-dealkylation sites (tertiary alicyclic amines) is 1. The molecule has 3 aliphatic rings. The van der Waals surface area contributed by atoms with Gasteiger partial charge in [0.15, 0.2) is 0 Å². The second-order valence-corrected chi connectivity index (χ2v) is 11.9.